The molecule has 0 saturated heterocycles. The zero-order valence-corrected chi connectivity index (χ0v) is 7.84. The Morgan fingerprint density at radius 2 is 2.29 bits per heavy atom. The van der Waals surface area contributed by atoms with Crippen molar-refractivity contribution in [3.05, 3.63) is 17.3 Å². The summed E-state index contributed by atoms with van der Waals surface area (Å²) < 4.78 is 30.1. The monoisotopic (exact) mass is 202 g/mol. The summed E-state index contributed by atoms with van der Waals surface area (Å²) in [6.45, 7) is 2.02. The Kier molecular flexibility index (Phi) is 2.26. The Morgan fingerprint density at radius 1 is 1.64 bits per heavy atom. The highest BCUT2D eigenvalue weighted by atomic mass is 19.3. The SMILES string of the molecule is CC1CC1c1nc(C(F)F)c(CN)o1. The van der Waals surface area contributed by atoms with E-state index in [-0.39, 0.29) is 23.9 Å². The first-order valence-corrected chi connectivity index (χ1v) is 4.61. The minimum atomic E-state index is -2.60. The second-order valence-corrected chi connectivity index (χ2v) is 3.68. The molecule has 78 valence electrons. The molecule has 0 amide bonds. The van der Waals surface area contributed by atoms with Crippen molar-refractivity contribution in [2.24, 2.45) is 11.7 Å². The third-order valence-electron chi connectivity index (χ3n) is 2.56. The lowest BCUT2D eigenvalue weighted by Crippen LogP contribution is -1.99. The molecule has 1 heterocycles. The molecule has 14 heavy (non-hydrogen) atoms. The molecular formula is C9H12F2N2O. The van der Waals surface area contributed by atoms with E-state index >= 15 is 0 Å². The van der Waals surface area contributed by atoms with E-state index in [4.69, 9.17) is 10.2 Å². The Labute approximate surface area is 80.3 Å². The minimum Gasteiger partial charge on any atom is -0.444 e. The van der Waals surface area contributed by atoms with Gasteiger partial charge in [0, 0.05) is 5.92 Å². The van der Waals surface area contributed by atoms with Crippen LogP contribution in [0.5, 0.6) is 0 Å². The molecule has 2 atom stereocenters. The predicted molar refractivity (Wildman–Crippen MR) is 45.9 cm³/mol. The quantitative estimate of drug-likeness (QED) is 0.817. The highest BCUT2D eigenvalue weighted by Gasteiger charge is 2.39. The van der Waals surface area contributed by atoms with Gasteiger partial charge in [-0.3, -0.25) is 0 Å². The van der Waals surface area contributed by atoms with Crippen LogP contribution in [-0.4, -0.2) is 4.98 Å². The number of nitrogens with zero attached hydrogens (tertiary/aromatic N) is 1. The van der Waals surface area contributed by atoms with Crippen molar-refractivity contribution in [1.82, 2.24) is 4.98 Å². The van der Waals surface area contributed by atoms with Crippen LogP contribution in [0.1, 0.15) is 43.0 Å². The molecule has 0 radical (unpaired) electrons. The van der Waals surface area contributed by atoms with Crippen LogP contribution in [0.15, 0.2) is 4.42 Å². The molecule has 1 aliphatic carbocycles. The van der Waals surface area contributed by atoms with E-state index in [1.165, 1.54) is 0 Å². The fourth-order valence-corrected chi connectivity index (χ4v) is 1.52. The topological polar surface area (TPSA) is 52.0 Å². The van der Waals surface area contributed by atoms with Gasteiger partial charge in [-0.25, -0.2) is 13.8 Å². The van der Waals surface area contributed by atoms with Crippen LogP contribution in [0.4, 0.5) is 8.78 Å². The minimum absolute atomic E-state index is 0.0201. The highest BCUT2D eigenvalue weighted by Crippen LogP contribution is 2.47. The molecule has 1 aromatic heterocycles. The molecule has 2 rings (SSSR count). The van der Waals surface area contributed by atoms with Crippen LogP contribution in [0, 0.1) is 5.92 Å². The molecule has 0 aliphatic heterocycles. The Bertz CT molecular complexity index is 338. The molecule has 0 bridgehead atoms. The van der Waals surface area contributed by atoms with Gasteiger partial charge in [0.15, 0.2) is 5.89 Å². The van der Waals surface area contributed by atoms with Gasteiger partial charge in [0.25, 0.3) is 6.43 Å². The van der Waals surface area contributed by atoms with Crippen molar-refractivity contribution >= 4 is 0 Å². The summed E-state index contributed by atoms with van der Waals surface area (Å²) in [6, 6.07) is 0. The lowest BCUT2D eigenvalue weighted by atomic mass is 10.3. The van der Waals surface area contributed by atoms with E-state index in [0.717, 1.165) is 6.42 Å². The van der Waals surface area contributed by atoms with E-state index in [1.54, 1.807) is 0 Å². The molecule has 2 N–H and O–H groups in total. The number of oxazole rings is 1. The molecule has 1 aromatic rings. The largest absolute Gasteiger partial charge is 0.444 e. The molecular weight excluding hydrogens is 190 g/mol. The van der Waals surface area contributed by atoms with Gasteiger partial charge in [-0.2, -0.15) is 0 Å². The van der Waals surface area contributed by atoms with Gasteiger partial charge in [-0.15, -0.1) is 0 Å². The Hall–Kier alpha value is -0.970. The lowest BCUT2D eigenvalue weighted by Gasteiger charge is -1.93. The number of aromatic nitrogens is 1. The fourth-order valence-electron chi connectivity index (χ4n) is 1.52. The lowest BCUT2D eigenvalue weighted by molar-refractivity contribution is 0.144. The van der Waals surface area contributed by atoms with Crippen molar-refractivity contribution in [3.8, 4) is 0 Å². The van der Waals surface area contributed by atoms with Crippen molar-refractivity contribution in [2.75, 3.05) is 0 Å². The molecule has 2 unspecified atom stereocenters. The van der Waals surface area contributed by atoms with Crippen LogP contribution in [0.2, 0.25) is 0 Å². The zero-order chi connectivity index (χ0) is 10.3. The van der Waals surface area contributed by atoms with Crippen LogP contribution < -0.4 is 5.73 Å². The van der Waals surface area contributed by atoms with Crippen LogP contribution in [0.3, 0.4) is 0 Å². The zero-order valence-electron chi connectivity index (χ0n) is 7.84. The molecule has 5 heteroatoms. The van der Waals surface area contributed by atoms with Crippen LogP contribution >= 0.6 is 0 Å². The van der Waals surface area contributed by atoms with Crippen molar-refractivity contribution in [1.29, 1.82) is 0 Å². The molecule has 1 fully saturated rings. The summed E-state index contributed by atoms with van der Waals surface area (Å²) in [4.78, 5) is 3.80. The second kappa shape index (κ2) is 3.31. The van der Waals surface area contributed by atoms with E-state index in [0.29, 0.717) is 11.8 Å². The maximum absolute atomic E-state index is 12.4. The van der Waals surface area contributed by atoms with Gasteiger partial charge >= 0.3 is 0 Å². The maximum Gasteiger partial charge on any atom is 0.283 e. The average molecular weight is 202 g/mol. The number of nitrogens with two attached hydrogens (primary N) is 1. The molecule has 0 spiro atoms. The first-order chi connectivity index (χ1) is 6.63. The Morgan fingerprint density at radius 3 is 2.64 bits per heavy atom. The highest BCUT2D eigenvalue weighted by molar-refractivity contribution is 5.16. The standard InChI is InChI=1S/C9H12F2N2O/c1-4-2-5(4)9-13-7(8(10)11)6(3-12)14-9/h4-5,8H,2-3,12H2,1H3. The summed E-state index contributed by atoms with van der Waals surface area (Å²) in [5.74, 6) is 1.25. The van der Waals surface area contributed by atoms with E-state index in [2.05, 4.69) is 4.98 Å². The van der Waals surface area contributed by atoms with Gasteiger partial charge < -0.3 is 10.2 Å². The van der Waals surface area contributed by atoms with E-state index in [1.807, 2.05) is 6.92 Å². The first-order valence-electron chi connectivity index (χ1n) is 4.61. The van der Waals surface area contributed by atoms with Crippen LogP contribution in [-0.2, 0) is 6.54 Å². The normalized spacial score (nSPS) is 25.8. The molecule has 3 nitrogen and oxygen atoms in total. The van der Waals surface area contributed by atoms with E-state index < -0.39 is 6.43 Å². The van der Waals surface area contributed by atoms with Gasteiger partial charge in [-0.05, 0) is 12.3 Å². The summed E-state index contributed by atoms with van der Waals surface area (Å²) in [5, 5.41) is 0. The third-order valence-corrected chi connectivity index (χ3v) is 2.56. The summed E-state index contributed by atoms with van der Waals surface area (Å²) in [6.07, 6.45) is -1.63. The summed E-state index contributed by atoms with van der Waals surface area (Å²) >= 11 is 0. The average Bonchev–Trinajstić information content (AvgIpc) is 2.72. The fraction of sp³-hybridized carbons (Fsp3) is 0.667. The van der Waals surface area contributed by atoms with E-state index in [9.17, 15) is 8.78 Å². The summed E-state index contributed by atoms with van der Waals surface area (Å²) in [7, 11) is 0. The van der Waals surface area contributed by atoms with Crippen molar-refractivity contribution in [3.63, 3.8) is 0 Å². The van der Waals surface area contributed by atoms with Gasteiger partial charge in [-0.1, -0.05) is 6.92 Å². The van der Waals surface area contributed by atoms with Gasteiger partial charge in [0.05, 0.1) is 6.54 Å². The van der Waals surface area contributed by atoms with Crippen molar-refractivity contribution in [2.45, 2.75) is 32.2 Å². The van der Waals surface area contributed by atoms with Gasteiger partial charge in [0.1, 0.15) is 11.5 Å². The molecule has 0 aromatic carbocycles. The molecule has 1 aliphatic rings. The number of hydrogen-bond donors (Lipinski definition) is 1. The van der Waals surface area contributed by atoms with Gasteiger partial charge in [0.2, 0.25) is 0 Å². The van der Waals surface area contributed by atoms with Crippen molar-refractivity contribution < 1.29 is 13.2 Å². The number of halogens is 2. The number of alkyl halides is 2. The summed E-state index contributed by atoms with van der Waals surface area (Å²) in [5.41, 5.74) is 5.00. The Balaban J connectivity index is 2.27. The number of rotatable bonds is 3. The smallest absolute Gasteiger partial charge is 0.283 e. The predicted octanol–water partition coefficient (Wildman–Crippen LogP) is 2.19. The third kappa shape index (κ3) is 1.52. The maximum atomic E-state index is 12.4. The molecule has 1 saturated carbocycles. The second-order valence-electron chi connectivity index (χ2n) is 3.68. The number of hydrogen-bond acceptors (Lipinski definition) is 3. The first kappa shape index (κ1) is 9.58. The van der Waals surface area contributed by atoms with Crippen LogP contribution in [0.25, 0.3) is 0 Å².